The molecule has 2 aromatic carbocycles. The van der Waals surface area contributed by atoms with E-state index < -0.39 is 0 Å². The Hall–Kier alpha value is -2.42. The number of benzene rings is 2. The topological polar surface area (TPSA) is 30.5 Å². The molecule has 1 heterocycles. The molecule has 0 fully saturated rings. The number of rotatable bonds is 5. The van der Waals surface area contributed by atoms with E-state index in [1.54, 1.807) is 0 Å². The fourth-order valence-corrected chi connectivity index (χ4v) is 2.47. The SMILES string of the molecule is C=CCc1cc2c(cc1NCc1ccccc1C)OCO2. The highest BCUT2D eigenvalue weighted by Gasteiger charge is 2.16. The summed E-state index contributed by atoms with van der Waals surface area (Å²) in [5.74, 6) is 1.61. The first-order chi connectivity index (χ1) is 10.3. The van der Waals surface area contributed by atoms with Crippen molar-refractivity contribution in [3.63, 3.8) is 0 Å². The second kappa shape index (κ2) is 5.92. The summed E-state index contributed by atoms with van der Waals surface area (Å²) in [7, 11) is 0. The van der Waals surface area contributed by atoms with Crippen LogP contribution in [-0.4, -0.2) is 6.79 Å². The molecule has 0 saturated carbocycles. The predicted octanol–water partition coefficient (Wildman–Crippen LogP) is 4.06. The molecule has 0 unspecified atom stereocenters. The summed E-state index contributed by atoms with van der Waals surface area (Å²) in [4.78, 5) is 0. The first-order valence-corrected chi connectivity index (χ1v) is 7.09. The minimum Gasteiger partial charge on any atom is -0.454 e. The highest BCUT2D eigenvalue weighted by Crippen LogP contribution is 2.37. The lowest BCUT2D eigenvalue weighted by Crippen LogP contribution is -2.03. The Labute approximate surface area is 125 Å². The molecule has 108 valence electrons. The largest absolute Gasteiger partial charge is 0.454 e. The Morgan fingerprint density at radius 1 is 1.14 bits per heavy atom. The van der Waals surface area contributed by atoms with Gasteiger partial charge in [0.15, 0.2) is 11.5 Å². The first-order valence-electron chi connectivity index (χ1n) is 7.09. The van der Waals surface area contributed by atoms with Crippen molar-refractivity contribution in [3.8, 4) is 11.5 Å². The van der Waals surface area contributed by atoms with Crippen LogP contribution in [0, 0.1) is 6.92 Å². The van der Waals surface area contributed by atoms with Crippen molar-refractivity contribution < 1.29 is 9.47 Å². The lowest BCUT2D eigenvalue weighted by Gasteiger charge is -2.13. The third kappa shape index (κ3) is 2.87. The lowest BCUT2D eigenvalue weighted by molar-refractivity contribution is 0.174. The van der Waals surface area contributed by atoms with E-state index in [-0.39, 0.29) is 0 Å². The Balaban J connectivity index is 1.84. The van der Waals surface area contributed by atoms with Crippen LogP contribution in [0.5, 0.6) is 11.5 Å². The second-order valence-electron chi connectivity index (χ2n) is 5.14. The van der Waals surface area contributed by atoms with Crippen LogP contribution in [0.15, 0.2) is 49.1 Å². The fraction of sp³-hybridized carbons (Fsp3) is 0.222. The molecule has 3 heteroatoms. The van der Waals surface area contributed by atoms with E-state index in [2.05, 4.69) is 43.1 Å². The molecule has 1 aliphatic heterocycles. The average molecular weight is 281 g/mol. The predicted molar refractivity (Wildman–Crippen MR) is 85.0 cm³/mol. The number of allylic oxidation sites excluding steroid dienone is 1. The first kappa shape index (κ1) is 13.6. The highest BCUT2D eigenvalue weighted by molar-refractivity contribution is 5.62. The molecule has 2 aromatic rings. The normalized spacial score (nSPS) is 12.2. The van der Waals surface area contributed by atoms with Crippen LogP contribution in [0.3, 0.4) is 0 Å². The zero-order valence-corrected chi connectivity index (χ0v) is 12.2. The third-order valence-electron chi connectivity index (χ3n) is 3.69. The van der Waals surface area contributed by atoms with Gasteiger partial charge in [-0.15, -0.1) is 6.58 Å². The van der Waals surface area contributed by atoms with E-state index in [4.69, 9.17) is 9.47 Å². The van der Waals surface area contributed by atoms with E-state index >= 15 is 0 Å². The van der Waals surface area contributed by atoms with Crippen LogP contribution in [-0.2, 0) is 13.0 Å². The Kier molecular flexibility index (Phi) is 3.82. The molecule has 0 saturated heterocycles. The number of nitrogens with one attached hydrogen (secondary N) is 1. The van der Waals surface area contributed by atoms with Crippen molar-refractivity contribution in [1.29, 1.82) is 0 Å². The number of hydrogen-bond acceptors (Lipinski definition) is 3. The average Bonchev–Trinajstić information content (AvgIpc) is 2.94. The lowest BCUT2D eigenvalue weighted by atomic mass is 10.1. The van der Waals surface area contributed by atoms with Gasteiger partial charge >= 0.3 is 0 Å². The number of fused-ring (bicyclic) bond motifs is 1. The highest BCUT2D eigenvalue weighted by atomic mass is 16.7. The molecule has 0 amide bonds. The van der Waals surface area contributed by atoms with Gasteiger partial charge in [-0.3, -0.25) is 0 Å². The van der Waals surface area contributed by atoms with Crippen LogP contribution >= 0.6 is 0 Å². The summed E-state index contributed by atoms with van der Waals surface area (Å²) >= 11 is 0. The van der Waals surface area contributed by atoms with Crippen molar-refractivity contribution in [2.45, 2.75) is 19.9 Å². The van der Waals surface area contributed by atoms with Gasteiger partial charge in [0.2, 0.25) is 6.79 Å². The Morgan fingerprint density at radius 3 is 2.67 bits per heavy atom. The molecular formula is C18H19NO2. The molecule has 0 bridgehead atoms. The van der Waals surface area contributed by atoms with Crippen molar-refractivity contribution in [2.75, 3.05) is 12.1 Å². The summed E-state index contributed by atoms with van der Waals surface area (Å²) in [6, 6.07) is 12.4. The van der Waals surface area contributed by atoms with Crippen molar-refractivity contribution in [1.82, 2.24) is 0 Å². The molecule has 3 rings (SSSR count). The van der Waals surface area contributed by atoms with Crippen molar-refractivity contribution in [3.05, 3.63) is 65.7 Å². The van der Waals surface area contributed by atoms with Crippen LogP contribution in [0.1, 0.15) is 16.7 Å². The van der Waals surface area contributed by atoms with Crippen LogP contribution in [0.4, 0.5) is 5.69 Å². The molecule has 0 spiro atoms. The van der Waals surface area contributed by atoms with Gasteiger partial charge in [0.1, 0.15) is 0 Å². The third-order valence-corrected chi connectivity index (χ3v) is 3.69. The maximum Gasteiger partial charge on any atom is 0.231 e. The molecule has 1 aliphatic rings. The van der Waals surface area contributed by atoms with Gasteiger partial charge in [-0.25, -0.2) is 0 Å². The smallest absolute Gasteiger partial charge is 0.231 e. The molecule has 3 nitrogen and oxygen atoms in total. The minimum atomic E-state index is 0.296. The standard InChI is InChI=1S/C18H19NO2/c1-3-6-14-9-17-18(21-12-20-17)10-16(14)19-11-15-8-5-4-7-13(15)2/h3-5,7-10,19H,1,6,11-12H2,2H3. The maximum atomic E-state index is 5.46. The summed E-state index contributed by atoms with van der Waals surface area (Å²) in [5, 5.41) is 3.50. The number of ether oxygens (including phenoxy) is 2. The van der Waals surface area contributed by atoms with Crippen molar-refractivity contribution >= 4 is 5.69 Å². The van der Waals surface area contributed by atoms with Crippen molar-refractivity contribution in [2.24, 2.45) is 0 Å². The Morgan fingerprint density at radius 2 is 1.90 bits per heavy atom. The van der Waals surface area contributed by atoms with Crippen LogP contribution < -0.4 is 14.8 Å². The fourth-order valence-electron chi connectivity index (χ4n) is 2.47. The molecule has 0 radical (unpaired) electrons. The summed E-state index contributed by atoms with van der Waals surface area (Å²) in [5.41, 5.74) is 4.82. The molecule has 1 N–H and O–H groups in total. The van der Waals surface area contributed by atoms with Crippen LogP contribution in [0.2, 0.25) is 0 Å². The maximum absolute atomic E-state index is 5.46. The molecule has 0 aliphatic carbocycles. The van der Waals surface area contributed by atoms with E-state index in [0.29, 0.717) is 6.79 Å². The van der Waals surface area contributed by atoms with E-state index in [0.717, 1.165) is 30.2 Å². The van der Waals surface area contributed by atoms with Gasteiger partial charge in [0.05, 0.1) is 0 Å². The second-order valence-corrected chi connectivity index (χ2v) is 5.14. The summed E-state index contributed by atoms with van der Waals surface area (Å²) < 4.78 is 10.9. The Bertz CT molecular complexity index is 664. The molecule has 21 heavy (non-hydrogen) atoms. The molecule has 0 aromatic heterocycles. The monoisotopic (exact) mass is 281 g/mol. The van der Waals surface area contributed by atoms with Gasteiger partial charge < -0.3 is 14.8 Å². The number of aryl methyl sites for hydroxylation is 1. The van der Waals surface area contributed by atoms with Crippen LogP contribution in [0.25, 0.3) is 0 Å². The van der Waals surface area contributed by atoms with Gasteiger partial charge in [-0.1, -0.05) is 30.3 Å². The number of hydrogen-bond donors (Lipinski definition) is 1. The van der Waals surface area contributed by atoms with Gasteiger partial charge in [0, 0.05) is 18.3 Å². The van der Waals surface area contributed by atoms with Gasteiger partial charge in [0.25, 0.3) is 0 Å². The number of anilines is 1. The van der Waals surface area contributed by atoms with Gasteiger partial charge in [-0.2, -0.15) is 0 Å². The zero-order valence-electron chi connectivity index (χ0n) is 12.2. The quantitative estimate of drug-likeness (QED) is 0.838. The summed E-state index contributed by atoms with van der Waals surface area (Å²) in [6.45, 7) is 7.03. The van der Waals surface area contributed by atoms with E-state index in [1.807, 2.05) is 18.2 Å². The minimum absolute atomic E-state index is 0.296. The van der Waals surface area contributed by atoms with Gasteiger partial charge in [-0.05, 0) is 36.1 Å². The summed E-state index contributed by atoms with van der Waals surface area (Å²) in [6.07, 6.45) is 2.70. The molecule has 0 atom stereocenters. The molecular weight excluding hydrogens is 262 g/mol. The van der Waals surface area contributed by atoms with E-state index in [1.165, 1.54) is 16.7 Å². The van der Waals surface area contributed by atoms with E-state index in [9.17, 15) is 0 Å². The zero-order chi connectivity index (χ0) is 14.7.